The van der Waals surface area contributed by atoms with Crippen LogP contribution in [-0.4, -0.2) is 61.3 Å². The molecule has 0 bridgehead atoms. The molecule has 1 aliphatic rings. The van der Waals surface area contributed by atoms with Crippen molar-refractivity contribution in [3.05, 3.63) is 33.1 Å². The van der Waals surface area contributed by atoms with Gasteiger partial charge in [0, 0.05) is 31.8 Å². The number of rotatable bonds is 5. The van der Waals surface area contributed by atoms with Crippen molar-refractivity contribution in [1.82, 2.24) is 14.5 Å². The van der Waals surface area contributed by atoms with Crippen molar-refractivity contribution in [3.63, 3.8) is 0 Å². The van der Waals surface area contributed by atoms with E-state index in [2.05, 4.69) is 4.98 Å². The molecule has 0 saturated carbocycles. The lowest BCUT2D eigenvalue weighted by atomic mass is 9.87. The van der Waals surface area contributed by atoms with Crippen molar-refractivity contribution in [2.24, 2.45) is 5.73 Å². The lowest BCUT2D eigenvalue weighted by molar-refractivity contribution is -0.140. The highest BCUT2D eigenvalue weighted by Crippen LogP contribution is 2.30. The molecule has 1 fully saturated rings. The van der Waals surface area contributed by atoms with Gasteiger partial charge in [-0.3, -0.25) is 23.9 Å². The number of hydrogen-bond acceptors (Lipinski definition) is 6. The summed E-state index contributed by atoms with van der Waals surface area (Å²) in [5.41, 5.74) is 3.27. The van der Waals surface area contributed by atoms with Crippen molar-refractivity contribution in [3.8, 4) is 0 Å². The number of piperidine rings is 1. The van der Waals surface area contributed by atoms with Gasteiger partial charge in [-0.15, -0.1) is 0 Å². The van der Waals surface area contributed by atoms with Crippen LogP contribution in [0.1, 0.15) is 32.2 Å². The molecule has 25 heavy (non-hydrogen) atoms. The predicted molar refractivity (Wildman–Crippen MR) is 87.0 cm³/mol. The Labute approximate surface area is 142 Å². The third-order valence-corrected chi connectivity index (χ3v) is 4.48. The topological polar surface area (TPSA) is 159 Å². The minimum Gasteiger partial charge on any atom is -0.481 e. The maximum atomic E-state index is 12.4. The minimum atomic E-state index is -1.26. The van der Waals surface area contributed by atoms with Crippen LogP contribution in [0.25, 0.3) is 0 Å². The van der Waals surface area contributed by atoms with Crippen LogP contribution in [0.4, 0.5) is 0 Å². The van der Waals surface area contributed by atoms with E-state index in [9.17, 15) is 24.3 Å². The van der Waals surface area contributed by atoms with Crippen LogP contribution in [0.5, 0.6) is 0 Å². The molecule has 0 spiro atoms. The second-order valence-electron chi connectivity index (χ2n) is 6.46. The van der Waals surface area contributed by atoms with Crippen LogP contribution >= 0.6 is 0 Å². The van der Waals surface area contributed by atoms with E-state index in [-0.39, 0.29) is 32.4 Å². The third kappa shape index (κ3) is 4.34. The molecule has 5 N–H and O–H groups in total. The normalized spacial score (nSPS) is 24.8. The predicted octanol–water partition coefficient (Wildman–Crippen LogP) is -1.75. The SMILES string of the molecule is C[C@@]1(O)CCN(C(=O)[C@@H](N)CCC(=O)O)C[C@H]1n1ccc(=O)[nH]c1=O. The number of aliphatic carboxylic acids is 1. The van der Waals surface area contributed by atoms with Crippen molar-refractivity contribution in [1.29, 1.82) is 0 Å². The molecule has 1 amide bonds. The minimum absolute atomic E-state index is 0.00430. The Morgan fingerprint density at radius 3 is 2.76 bits per heavy atom. The molecule has 1 aromatic rings. The molecule has 10 heteroatoms. The fraction of sp³-hybridized carbons (Fsp3) is 0.600. The summed E-state index contributed by atoms with van der Waals surface area (Å²) in [6.07, 6.45) is 1.27. The number of H-pyrrole nitrogens is 1. The number of carboxylic acids is 1. The van der Waals surface area contributed by atoms with Gasteiger partial charge in [-0.2, -0.15) is 0 Å². The molecule has 10 nitrogen and oxygen atoms in total. The standard InChI is InChI=1S/C15H22N4O6/c1-15(25)5-7-18(13(23)9(16)2-3-12(21)22)8-10(15)19-6-4-11(20)17-14(19)24/h4,6,9-10,25H,2-3,5,7-8,16H2,1H3,(H,21,22)(H,17,20,24)/t9-,10+,15+/m0/s1. The number of aromatic amines is 1. The zero-order valence-corrected chi connectivity index (χ0v) is 13.8. The largest absolute Gasteiger partial charge is 0.481 e. The highest BCUT2D eigenvalue weighted by Gasteiger charge is 2.41. The monoisotopic (exact) mass is 354 g/mol. The zero-order valence-electron chi connectivity index (χ0n) is 13.8. The van der Waals surface area contributed by atoms with Gasteiger partial charge in [-0.25, -0.2) is 4.79 Å². The lowest BCUT2D eigenvalue weighted by Gasteiger charge is -2.43. The van der Waals surface area contributed by atoms with E-state index in [1.54, 1.807) is 6.92 Å². The van der Waals surface area contributed by atoms with E-state index in [0.717, 1.165) is 6.07 Å². The van der Waals surface area contributed by atoms with Gasteiger partial charge < -0.3 is 20.8 Å². The first kappa shape index (κ1) is 18.9. The highest BCUT2D eigenvalue weighted by atomic mass is 16.4. The summed E-state index contributed by atoms with van der Waals surface area (Å²) < 4.78 is 1.18. The Morgan fingerprint density at radius 2 is 2.16 bits per heavy atom. The first-order valence-corrected chi connectivity index (χ1v) is 7.92. The second-order valence-corrected chi connectivity index (χ2v) is 6.46. The van der Waals surface area contributed by atoms with Crippen LogP contribution in [0, 0.1) is 0 Å². The van der Waals surface area contributed by atoms with E-state index in [1.807, 2.05) is 0 Å². The van der Waals surface area contributed by atoms with Gasteiger partial charge in [0.2, 0.25) is 5.91 Å². The number of likely N-dealkylation sites (tertiary alicyclic amines) is 1. The number of nitrogens with one attached hydrogen (secondary N) is 1. The number of nitrogens with two attached hydrogens (primary N) is 1. The number of carboxylic acid groups (broad SMARTS) is 1. The Balaban J connectivity index is 2.20. The summed E-state index contributed by atoms with van der Waals surface area (Å²) in [5, 5.41) is 19.3. The van der Waals surface area contributed by atoms with E-state index in [1.165, 1.54) is 15.7 Å². The second kappa shape index (κ2) is 7.19. The van der Waals surface area contributed by atoms with Gasteiger partial charge in [0.15, 0.2) is 0 Å². The van der Waals surface area contributed by atoms with Crippen molar-refractivity contribution < 1.29 is 19.8 Å². The quantitative estimate of drug-likeness (QED) is 0.488. The number of hydrogen-bond donors (Lipinski definition) is 4. The first-order chi connectivity index (χ1) is 11.6. The van der Waals surface area contributed by atoms with Gasteiger partial charge in [0.25, 0.3) is 5.56 Å². The average molecular weight is 354 g/mol. The number of aromatic nitrogens is 2. The lowest BCUT2D eigenvalue weighted by Crippen LogP contribution is -2.57. The summed E-state index contributed by atoms with van der Waals surface area (Å²) in [6.45, 7) is 1.82. The molecule has 1 aromatic heterocycles. The fourth-order valence-corrected chi connectivity index (χ4v) is 2.92. The van der Waals surface area contributed by atoms with Gasteiger partial charge >= 0.3 is 11.7 Å². The Hall–Kier alpha value is -2.46. The number of carbonyl (C=O) groups is 2. The molecule has 0 unspecified atom stereocenters. The van der Waals surface area contributed by atoms with Gasteiger partial charge in [0.1, 0.15) is 0 Å². The van der Waals surface area contributed by atoms with Crippen LogP contribution in [-0.2, 0) is 9.59 Å². The molecular formula is C15H22N4O6. The van der Waals surface area contributed by atoms with Crippen molar-refractivity contribution in [2.45, 2.75) is 43.9 Å². The van der Waals surface area contributed by atoms with Crippen LogP contribution in [0.15, 0.2) is 21.9 Å². The van der Waals surface area contributed by atoms with Gasteiger partial charge in [-0.1, -0.05) is 0 Å². The third-order valence-electron chi connectivity index (χ3n) is 4.48. The molecule has 0 radical (unpaired) electrons. The van der Waals surface area contributed by atoms with E-state index in [4.69, 9.17) is 10.8 Å². The molecule has 1 saturated heterocycles. The number of amides is 1. The molecule has 138 valence electrons. The van der Waals surface area contributed by atoms with Crippen LogP contribution in [0.2, 0.25) is 0 Å². The highest BCUT2D eigenvalue weighted by molar-refractivity contribution is 5.82. The number of nitrogens with zero attached hydrogens (tertiary/aromatic N) is 2. The number of aliphatic hydroxyl groups is 1. The summed E-state index contributed by atoms with van der Waals surface area (Å²) in [7, 11) is 0. The Bertz CT molecular complexity index is 768. The van der Waals surface area contributed by atoms with Crippen LogP contribution in [0.3, 0.4) is 0 Å². The van der Waals surface area contributed by atoms with Crippen molar-refractivity contribution in [2.75, 3.05) is 13.1 Å². The molecule has 1 aliphatic heterocycles. The average Bonchev–Trinajstić information content (AvgIpc) is 2.52. The molecular weight excluding hydrogens is 332 g/mol. The fourth-order valence-electron chi connectivity index (χ4n) is 2.92. The Kier molecular flexibility index (Phi) is 5.43. The van der Waals surface area contributed by atoms with Gasteiger partial charge in [-0.05, 0) is 19.8 Å². The van der Waals surface area contributed by atoms with Gasteiger partial charge in [0.05, 0.1) is 17.7 Å². The summed E-state index contributed by atoms with van der Waals surface area (Å²) in [4.78, 5) is 49.8. The number of carbonyl (C=O) groups excluding carboxylic acids is 1. The first-order valence-electron chi connectivity index (χ1n) is 7.92. The molecule has 0 aliphatic carbocycles. The summed E-state index contributed by atoms with van der Waals surface area (Å²) in [5.74, 6) is -1.47. The van der Waals surface area contributed by atoms with E-state index in [0.29, 0.717) is 0 Å². The van der Waals surface area contributed by atoms with E-state index >= 15 is 0 Å². The van der Waals surface area contributed by atoms with Crippen molar-refractivity contribution >= 4 is 11.9 Å². The molecule has 0 aromatic carbocycles. The maximum Gasteiger partial charge on any atom is 0.328 e. The zero-order chi connectivity index (χ0) is 18.8. The molecule has 3 atom stereocenters. The summed E-state index contributed by atoms with van der Waals surface area (Å²) >= 11 is 0. The molecule has 2 rings (SSSR count). The van der Waals surface area contributed by atoms with E-state index < -0.39 is 40.8 Å². The maximum absolute atomic E-state index is 12.4. The Morgan fingerprint density at radius 1 is 1.48 bits per heavy atom. The smallest absolute Gasteiger partial charge is 0.328 e. The molecule has 2 heterocycles. The summed E-state index contributed by atoms with van der Waals surface area (Å²) in [6, 6.07) is -0.565. The van der Waals surface area contributed by atoms with Crippen LogP contribution < -0.4 is 17.0 Å².